The van der Waals surface area contributed by atoms with Crippen LogP contribution in [0.2, 0.25) is 0 Å². The Morgan fingerprint density at radius 3 is 2.89 bits per heavy atom. The fraction of sp³-hybridized carbons (Fsp3) is 0.250. The lowest BCUT2D eigenvalue weighted by atomic mass is 10.5. The van der Waals surface area contributed by atoms with Gasteiger partial charge in [-0.2, -0.15) is 0 Å². The lowest BCUT2D eigenvalue weighted by Gasteiger charge is -1.74. The largest absolute Gasteiger partial charge is 0.473 e. The van der Waals surface area contributed by atoms with E-state index in [0.717, 1.165) is 10.9 Å². The van der Waals surface area contributed by atoms with Crippen LogP contribution in [-0.2, 0) is 7.05 Å². The standard InChI is InChI=1S/C4H4N2O3/c1-6-3(4(7)8)2-9-5-6/h2H,1H3/p+1. The highest BCUT2D eigenvalue weighted by molar-refractivity contribution is 5.82. The molecule has 1 rings (SSSR count). The third-order valence-electron chi connectivity index (χ3n) is 0.902. The van der Waals surface area contributed by atoms with E-state index in [1.165, 1.54) is 7.05 Å². The van der Waals surface area contributed by atoms with Crippen molar-refractivity contribution in [1.29, 1.82) is 0 Å². The zero-order valence-corrected chi connectivity index (χ0v) is 4.74. The highest BCUT2D eigenvalue weighted by Gasteiger charge is 2.18. The molecule has 0 unspecified atom stereocenters. The molecule has 1 aromatic heterocycles. The molecule has 9 heavy (non-hydrogen) atoms. The number of hydrogen-bond donors (Lipinski definition) is 1. The van der Waals surface area contributed by atoms with Gasteiger partial charge in [0.05, 0.1) is 0 Å². The second-order valence-electron chi connectivity index (χ2n) is 1.52. The maximum Gasteiger partial charge on any atom is 0.407 e. The SMILES string of the molecule is C[n+]1nocc1C(=O)O. The van der Waals surface area contributed by atoms with Crippen LogP contribution < -0.4 is 4.68 Å². The minimum Gasteiger partial charge on any atom is -0.473 e. The van der Waals surface area contributed by atoms with Gasteiger partial charge in [-0.25, -0.2) is 4.79 Å². The number of nitrogens with zero attached hydrogens (tertiary/aromatic N) is 2. The zero-order valence-electron chi connectivity index (χ0n) is 4.74. The van der Waals surface area contributed by atoms with Crippen molar-refractivity contribution in [2.24, 2.45) is 7.05 Å². The number of aromatic carboxylic acids is 1. The summed E-state index contributed by atoms with van der Waals surface area (Å²) in [6.07, 6.45) is 1.07. The Labute approximate surface area is 50.5 Å². The van der Waals surface area contributed by atoms with Crippen molar-refractivity contribution in [3.05, 3.63) is 12.0 Å². The van der Waals surface area contributed by atoms with Crippen LogP contribution in [-0.4, -0.2) is 16.3 Å². The molecule has 0 saturated heterocycles. The van der Waals surface area contributed by atoms with Crippen LogP contribution >= 0.6 is 0 Å². The van der Waals surface area contributed by atoms with Crippen molar-refractivity contribution in [2.45, 2.75) is 0 Å². The fourth-order valence-electron chi connectivity index (χ4n) is 0.453. The number of carbonyl (C=O) groups is 1. The molecule has 0 aliphatic heterocycles. The number of hydrogen-bond acceptors (Lipinski definition) is 3. The first-order valence-corrected chi connectivity index (χ1v) is 2.26. The Morgan fingerprint density at radius 1 is 2.00 bits per heavy atom. The highest BCUT2D eigenvalue weighted by atomic mass is 16.5. The minimum atomic E-state index is -1.04. The quantitative estimate of drug-likeness (QED) is 0.504. The van der Waals surface area contributed by atoms with E-state index < -0.39 is 5.97 Å². The van der Waals surface area contributed by atoms with Crippen molar-refractivity contribution >= 4 is 5.97 Å². The molecular formula is C4H5N2O3+. The van der Waals surface area contributed by atoms with Gasteiger partial charge < -0.3 is 9.63 Å². The summed E-state index contributed by atoms with van der Waals surface area (Å²) >= 11 is 0. The molecule has 0 aliphatic carbocycles. The Morgan fingerprint density at radius 2 is 2.67 bits per heavy atom. The summed E-state index contributed by atoms with van der Waals surface area (Å²) in [7, 11) is 1.49. The van der Waals surface area contributed by atoms with E-state index in [9.17, 15) is 4.79 Å². The van der Waals surface area contributed by atoms with Crippen molar-refractivity contribution in [3.8, 4) is 0 Å². The summed E-state index contributed by atoms with van der Waals surface area (Å²) in [5, 5.41) is 11.6. The van der Waals surface area contributed by atoms with E-state index in [1.54, 1.807) is 0 Å². The molecule has 0 radical (unpaired) electrons. The van der Waals surface area contributed by atoms with Crippen LogP contribution in [0.1, 0.15) is 10.5 Å². The lowest BCUT2D eigenvalue weighted by molar-refractivity contribution is -0.741. The predicted molar refractivity (Wildman–Crippen MR) is 24.6 cm³/mol. The third-order valence-corrected chi connectivity index (χ3v) is 0.902. The van der Waals surface area contributed by atoms with Crippen LogP contribution in [0.15, 0.2) is 10.8 Å². The zero-order chi connectivity index (χ0) is 6.85. The molecule has 0 aliphatic rings. The van der Waals surface area contributed by atoms with Crippen molar-refractivity contribution in [2.75, 3.05) is 0 Å². The Balaban J connectivity index is 3.08. The van der Waals surface area contributed by atoms with Gasteiger partial charge in [-0.05, 0) is 4.68 Å². The first-order chi connectivity index (χ1) is 4.22. The van der Waals surface area contributed by atoms with Crippen molar-refractivity contribution < 1.29 is 19.1 Å². The molecule has 0 spiro atoms. The monoisotopic (exact) mass is 129 g/mol. The van der Waals surface area contributed by atoms with Crippen LogP contribution in [0.25, 0.3) is 0 Å². The van der Waals surface area contributed by atoms with Gasteiger partial charge in [0.25, 0.3) is 0 Å². The first kappa shape index (κ1) is 5.74. The summed E-state index contributed by atoms with van der Waals surface area (Å²) in [5.41, 5.74) is 0.0370. The van der Waals surface area contributed by atoms with E-state index >= 15 is 0 Å². The van der Waals surface area contributed by atoms with E-state index in [0.29, 0.717) is 0 Å². The van der Waals surface area contributed by atoms with Crippen LogP contribution in [0.3, 0.4) is 0 Å². The van der Waals surface area contributed by atoms with E-state index in [2.05, 4.69) is 9.79 Å². The summed E-state index contributed by atoms with van der Waals surface area (Å²) < 4.78 is 5.48. The van der Waals surface area contributed by atoms with Gasteiger partial charge in [0.2, 0.25) is 6.26 Å². The average molecular weight is 129 g/mol. The second-order valence-corrected chi connectivity index (χ2v) is 1.52. The maximum atomic E-state index is 10.2. The summed E-state index contributed by atoms with van der Waals surface area (Å²) in [6.45, 7) is 0. The molecule has 0 amide bonds. The summed E-state index contributed by atoms with van der Waals surface area (Å²) in [6, 6.07) is 0. The van der Waals surface area contributed by atoms with Gasteiger partial charge >= 0.3 is 11.7 Å². The molecule has 48 valence electrons. The van der Waals surface area contributed by atoms with Gasteiger partial charge in [0, 0.05) is 0 Å². The maximum absolute atomic E-state index is 10.2. The van der Waals surface area contributed by atoms with Gasteiger partial charge in [-0.3, -0.25) is 0 Å². The number of carboxylic acids is 1. The lowest BCUT2D eigenvalue weighted by Crippen LogP contribution is -2.36. The smallest absolute Gasteiger partial charge is 0.407 e. The molecule has 0 fully saturated rings. The van der Waals surface area contributed by atoms with Gasteiger partial charge in [-0.1, -0.05) is 0 Å². The molecule has 1 N–H and O–H groups in total. The molecule has 0 bridgehead atoms. The average Bonchev–Trinajstić information content (AvgIpc) is 2.13. The molecule has 5 nitrogen and oxygen atoms in total. The molecule has 0 saturated carbocycles. The number of carboxylic acid groups (broad SMARTS) is 1. The van der Waals surface area contributed by atoms with E-state index in [1.807, 2.05) is 0 Å². The molecule has 0 atom stereocenters. The normalized spacial score (nSPS) is 9.44. The van der Waals surface area contributed by atoms with Crippen LogP contribution in [0, 0.1) is 0 Å². The van der Waals surface area contributed by atoms with Crippen LogP contribution in [0.5, 0.6) is 0 Å². The van der Waals surface area contributed by atoms with Crippen molar-refractivity contribution in [3.63, 3.8) is 0 Å². The van der Waals surface area contributed by atoms with Gasteiger partial charge in [0.1, 0.15) is 0 Å². The minimum absolute atomic E-state index is 0.0370. The number of aryl methyl sites for hydroxylation is 1. The molecule has 0 aromatic carbocycles. The summed E-state index contributed by atoms with van der Waals surface area (Å²) in [5.74, 6) is -1.04. The van der Waals surface area contributed by atoms with Gasteiger partial charge in [0.15, 0.2) is 12.3 Å². The number of rotatable bonds is 1. The van der Waals surface area contributed by atoms with E-state index in [4.69, 9.17) is 5.11 Å². The molecule has 1 heterocycles. The predicted octanol–water partition coefficient (Wildman–Crippen LogP) is -0.803. The fourth-order valence-corrected chi connectivity index (χ4v) is 0.453. The topological polar surface area (TPSA) is 67.2 Å². The molecular weight excluding hydrogens is 124 g/mol. The Bertz CT molecular complexity index is 229. The highest BCUT2D eigenvalue weighted by Crippen LogP contribution is 1.85. The third kappa shape index (κ3) is 0.883. The molecule has 5 heteroatoms. The number of aromatic nitrogens is 2. The van der Waals surface area contributed by atoms with Crippen molar-refractivity contribution in [1.82, 2.24) is 5.27 Å². The molecule has 1 aromatic rings. The Kier molecular flexibility index (Phi) is 1.18. The second kappa shape index (κ2) is 1.85. The van der Waals surface area contributed by atoms with Gasteiger partial charge in [-0.15, -0.1) is 0 Å². The Hall–Kier alpha value is -1.39. The van der Waals surface area contributed by atoms with E-state index in [-0.39, 0.29) is 5.69 Å². The first-order valence-electron chi connectivity index (χ1n) is 2.26. The summed E-state index contributed by atoms with van der Waals surface area (Å²) in [4.78, 5) is 10.2. The van der Waals surface area contributed by atoms with Crippen LogP contribution in [0.4, 0.5) is 0 Å².